The van der Waals surface area contributed by atoms with Crippen molar-refractivity contribution < 1.29 is 13.5 Å². The predicted octanol–water partition coefficient (Wildman–Crippen LogP) is 4.72. The molecular weight excluding hydrogens is 570 g/mol. The molecule has 0 radical (unpaired) electrons. The molecular formula is C29H19ClF2N6O4. The van der Waals surface area contributed by atoms with E-state index in [9.17, 15) is 23.2 Å². The van der Waals surface area contributed by atoms with E-state index >= 15 is 0 Å². The number of rotatable bonds is 7. The molecule has 13 heteroatoms. The van der Waals surface area contributed by atoms with Crippen LogP contribution >= 0.6 is 11.6 Å². The number of aromatic amines is 1. The van der Waals surface area contributed by atoms with Crippen LogP contribution in [-0.4, -0.2) is 28.7 Å². The third kappa shape index (κ3) is 4.88. The van der Waals surface area contributed by atoms with Gasteiger partial charge >= 0.3 is 12.2 Å². The number of H-pyrrole nitrogens is 1. The van der Waals surface area contributed by atoms with Gasteiger partial charge < -0.3 is 9.72 Å². The first-order valence-corrected chi connectivity index (χ1v) is 12.8. The molecule has 6 aromatic rings. The maximum absolute atomic E-state index is 13.9. The minimum absolute atomic E-state index is 0.0133. The van der Waals surface area contributed by atoms with Crippen LogP contribution in [0.3, 0.4) is 0 Å². The number of fused-ring (bicyclic) bond motifs is 1. The van der Waals surface area contributed by atoms with Crippen molar-refractivity contribution in [2.24, 2.45) is 0 Å². The van der Waals surface area contributed by atoms with E-state index in [1.54, 1.807) is 30.3 Å². The van der Waals surface area contributed by atoms with Crippen LogP contribution in [0.4, 0.5) is 8.78 Å². The van der Waals surface area contributed by atoms with Crippen LogP contribution in [0.25, 0.3) is 33.5 Å². The first-order valence-electron chi connectivity index (χ1n) is 12.5. The summed E-state index contributed by atoms with van der Waals surface area (Å²) in [5, 5.41) is 0.162. The van der Waals surface area contributed by atoms with Crippen molar-refractivity contribution in [3.05, 3.63) is 134 Å². The summed E-state index contributed by atoms with van der Waals surface area (Å²) in [4.78, 5) is 50.7. The van der Waals surface area contributed by atoms with Gasteiger partial charge in [0.2, 0.25) is 0 Å². The van der Waals surface area contributed by atoms with Gasteiger partial charge in [-0.05, 0) is 48.5 Å². The van der Waals surface area contributed by atoms with Gasteiger partial charge in [0.15, 0.2) is 5.82 Å². The molecule has 210 valence electrons. The van der Waals surface area contributed by atoms with Crippen molar-refractivity contribution in [2.75, 3.05) is 0 Å². The lowest BCUT2D eigenvalue weighted by molar-refractivity contribution is 0.0677. The number of nitrogens with one attached hydrogen (secondary N) is 1. The Morgan fingerprint density at radius 2 is 1.79 bits per heavy atom. The molecule has 0 bridgehead atoms. The van der Waals surface area contributed by atoms with Gasteiger partial charge in [-0.15, -0.1) is 0 Å². The second kappa shape index (κ2) is 10.9. The Bertz CT molecular complexity index is 2120. The van der Waals surface area contributed by atoms with E-state index in [2.05, 4.69) is 15.0 Å². The molecule has 42 heavy (non-hydrogen) atoms. The number of pyridine rings is 2. The Hall–Kier alpha value is -5.36. The van der Waals surface area contributed by atoms with Gasteiger partial charge in [0, 0.05) is 29.7 Å². The highest BCUT2D eigenvalue weighted by atomic mass is 35.5. The van der Waals surface area contributed by atoms with E-state index in [-0.39, 0.29) is 51.2 Å². The van der Waals surface area contributed by atoms with E-state index in [0.29, 0.717) is 5.52 Å². The van der Waals surface area contributed by atoms with Crippen LogP contribution < -0.4 is 21.5 Å². The van der Waals surface area contributed by atoms with Gasteiger partial charge in [0.05, 0.1) is 39.7 Å². The lowest BCUT2D eigenvalue weighted by atomic mass is 10.1. The molecule has 0 aliphatic heterocycles. The summed E-state index contributed by atoms with van der Waals surface area (Å²) in [6.07, 6.45) is 5.49. The molecule has 4 heterocycles. The van der Waals surface area contributed by atoms with Crippen molar-refractivity contribution >= 4 is 22.6 Å². The standard InChI is InChI=1S/C29H19ClF2N6O4/c30-17-11-19(13-20(12-17)42-16-25-35-23-7-1-2-8-24(23)38(25)28(31)32)36-15-22(21-6-4-10-34-26(21)39)27(40)37(29(36)41)18-5-3-9-33-14-18/h1-15,28H,16H2,(H,34,39). The first kappa shape index (κ1) is 26.8. The predicted molar refractivity (Wildman–Crippen MR) is 152 cm³/mol. The number of imidazole rings is 1. The summed E-state index contributed by atoms with van der Waals surface area (Å²) in [5.41, 5.74) is -1.04. The largest absolute Gasteiger partial charge is 0.486 e. The summed E-state index contributed by atoms with van der Waals surface area (Å²) in [6, 6.07) is 17.0. The van der Waals surface area contributed by atoms with Crippen LogP contribution in [-0.2, 0) is 6.61 Å². The number of hydrogen-bond donors (Lipinski definition) is 1. The Morgan fingerprint density at radius 3 is 2.55 bits per heavy atom. The number of benzene rings is 2. The van der Waals surface area contributed by atoms with Crippen molar-refractivity contribution in [3.8, 4) is 28.3 Å². The van der Waals surface area contributed by atoms with Gasteiger partial charge in [-0.1, -0.05) is 23.7 Å². The van der Waals surface area contributed by atoms with Gasteiger partial charge in [-0.2, -0.15) is 8.78 Å². The molecule has 6 rings (SSSR count). The van der Waals surface area contributed by atoms with Crippen LogP contribution in [0, 0.1) is 0 Å². The Balaban J connectivity index is 1.47. The molecule has 4 aromatic heterocycles. The van der Waals surface area contributed by atoms with Crippen LogP contribution in [0.15, 0.2) is 106 Å². The number of para-hydroxylation sites is 2. The highest BCUT2D eigenvalue weighted by Crippen LogP contribution is 2.27. The second-order valence-corrected chi connectivity index (χ2v) is 9.49. The summed E-state index contributed by atoms with van der Waals surface area (Å²) in [7, 11) is 0. The topological polar surface area (TPSA) is 117 Å². The third-order valence-corrected chi connectivity index (χ3v) is 6.69. The quantitative estimate of drug-likeness (QED) is 0.289. The number of hydrogen-bond acceptors (Lipinski definition) is 6. The monoisotopic (exact) mass is 588 g/mol. The van der Waals surface area contributed by atoms with Gasteiger partial charge in [-0.3, -0.25) is 23.7 Å². The Labute approximate surface area is 239 Å². The number of nitrogens with zero attached hydrogens (tertiary/aromatic N) is 5. The number of alkyl halides is 2. The Morgan fingerprint density at radius 1 is 0.952 bits per heavy atom. The van der Waals surface area contributed by atoms with Crippen LogP contribution in [0.1, 0.15) is 12.4 Å². The molecule has 0 amide bonds. The van der Waals surface area contributed by atoms with Crippen LogP contribution in [0.2, 0.25) is 5.02 Å². The minimum Gasteiger partial charge on any atom is -0.486 e. The lowest BCUT2D eigenvalue weighted by Crippen LogP contribution is -2.39. The van der Waals surface area contributed by atoms with Crippen molar-refractivity contribution in [3.63, 3.8) is 0 Å². The fraction of sp³-hybridized carbons (Fsp3) is 0.0690. The summed E-state index contributed by atoms with van der Waals surface area (Å²) in [5.74, 6) is 0.135. The summed E-state index contributed by atoms with van der Waals surface area (Å²) >= 11 is 6.38. The molecule has 0 unspecified atom stereocenters. The maximum Gasteiger partial charge on any atom is 0.340 e. The van der Waals surface area contributed by atoms with E-state index in [1.807, 2.05) is 0 Å². The summed E-state index contributed by atoms with van der Waals surface area (Å²) in [6.45, 7) is -3.18. The minimum atomic E-state index is -2.85. The fourth-order valence-corrected chi connectivity index (χ4v) is 4.82. The average molecular weight is 589 g/mol. The molecule has 0 saturated carbocycles. The number of aromatic nitrogens is 6. The zero-order valence-electron chi connectivity index (χ0n) is 21.4. The zero-order valence-corrected chi connectivity index (χ0v) is 22.2. The number of ether oxygens (including phenoxy) is 1. The highest BCUT2D eigenvalue weighted by molar-refractivity contribution is 6.30. The highest BCUT2D eigenvalue weighted by Gasteiger charge is 2.20. The molecule has 0 fully saturated rings. The zero-order chi connectivity index (χ0) is 29.4. The van der Waals surface area contributed by atoms with E-state index in [0.717, 1.165) is 13.7 Å². The van der Waals surface area contributed by atoms with E-state index in [1.165, 1.54) is 61.2 Å². The molecule has 0 spiro atoms. The van der Waals surface area contributed by atoms with Gasteiger partial charge in [0.25, 0.3) is 11.1 Å². The van der Waals surface area contributed by atoms with E-state index in [4.69, 9.17) is 16.3 Å². The van der Waals surface area contributed by atoms with Crippen LogP contribution in [0.5, 0.6) is 5.75 Å². The van der Waals surface area contributed by atoms with Gasteiger partial charge in [0.1, 0.15) is 12.4 Å². The van der Waals surface area contributed by atoms with Crippen molar-refractivity contribution in [1.82, 2.24) is 28.7 Å². The summed E-state index contributed by atoms with van der Waals surface area (Å²) < 4.78 is 36.4. The van der Waals surface area contributed by atoms with Crippen molar-refractivity contribution in [1.29, 1.82) is 0 Å². The van der Waals surface area contributed by atoms with E-state index < -0.39 is 23.4 Å². The fourth-order valence-electron chi connectivity index (χ4n) is 4.60. The molecule has 2 aromatic carbocycles. The number of halogens is 3. The maximum atomic E-state index is 13.9. The molecule has 10 nitrogen and oxygen atoms in total. The molecule has 0 atom stereocenters. The first-order chi connectivity index (χ1) is 20.3. The lowest BCUT2D eigenvalue weighted by Gasteiger charge is -2.15. The molecule has 0 saturated heterocycles. The molecule has 0 aliphatic carbocycles. The average Bonchev–Trinajstić information content (AvgIpc) is 3.36. The second-order valence-electron chi connectivity index (χ2n) is 9.06. The van der Waals surface area contributed by atoms with Crippen molar-refractivity contribution in [2.45, 2.75) is 13.2 Å². The van der Waals surface area contributed by atoms with Gasteiger partial charge in [-0.25, -0.2) is 14.3 Å². The molecule has 0 aliphatic rings. The smallest absolute Gasteiger partial charge is 0.340 e. The molecule has 1 N–H and O–H groups in total. The SMILES string of the molecule is O=c1[nH]cccc1-c1cn(-c2cc(Cl)cc(OCc3nc4ccccc4n3C(F)F)c2)c(=O)n(-c2cccnc2)c1=O. The normalized spacial score (nSPS) is 11.3. The Kier molecular flexibility index (Phi) is 6.97. The third-order valence-electron chi connectivity index (χ3n) is 6.47.